The number of amides is 2. The first-order chi connectivity index (χ1) is 16.9. The predicted molar refractivity (Wildman–Crippen MR) is 131 cm³/mol. The Bertz CT molecular complexity index is 1270. The van der Waals surface area contributed by atoms with Crippen molar-refractivity contribution in [1.29, 1.82) is 0 Å². The number of fused-ring (bicyclic) bond motifs is 1. The van der Waals surface area contributed by atoms with E-state index in [0.717, 1.165) is 16.7 Å². The highest BCUT2D eigenvalue weighted by Crippen LogP contribution is 2.50. The summed E-state index contributed by atoms with van der Waals surface area (Å²) in [4.78, 5) is 42.4. The minimum absolute atomic E-state index is 0.149. The summed E-state index contributed by atoms with van der Waals surface area (Å²) < 4.78 is 5.25. The standard InChI is InChI=1S/C28H25ClN2O4/c1-35-27(34)28(16-18-9-4-2-5-10-18)23-22(24(30-28)20-13-8-14-21(29)15-20)25(32)31(26(23)33)17-19-11-6-3-7-12-19/h2-15,22-24,30H,16-17H2,1H3/t22-,23-,24-,28+/m1/s1. The van der Waals surface area contributed by atoms with Crippen molar-refractivity contribution in [2.75, 3.05) is 7.11 Å². The average Bonchev–Trinajstić information content (AvgIpc) is 3.34. The monoisotopic (exact) mass is 488 g/mol. The highest BCUT2D eigenvalue weighted by molar-refractivity contribution is 6.30. The van der Waals surface area contributed by atoms with Gasteiger partial charge in [0.2, 0.25) is 11.8 Å². The minimum atomic E-state index is -1.41. The number of esters is 1. The van der Waals surface area contributed by atoms with E-state index in [1.165, 1.54) is 12.0 Å². The summed E-state index contributed by atoms with van der Waals surface area (Å²) in [6.07, 6.45) is 0.205. The first-order valence-corrected chi connectivity index (χ1v) is 11.9. The molecule has 2 amide bonds. The number of nitrogens with one attached hydrogen (secondary N) is 1. The van der Waals surface area contributed by atoms with Crippen molar-refractivity contribution in [3.63, 3.8) is 0 Å². The second-order valence-corrected chi connectivity index (χ2v) is 9.49. The fourth-order valence-electron chi connectivity index (χ4n) is 5.49. The summed E-state index contributed by atoms with van der Waals surface area (Å²) in [5.41, 5.74) is 1.03. The summed E-state index contributed by atoms with van der Waals surface area (Å²) in [5, 5.41) is 3.90. The highest BCUT2D eigenvalue weighted by atomic mass is 35.5. The first kappa shape index (κ1) is 23.3. The molecule has 3 aromatic rings. The molecule has 0 bridgehead atoms. The maximum absolute atomic E-state index is 13.9. The molecule has 5 rings (SSSR count). The second-order valence-electron chi connectivity index (χ2n) is 9.05. The molecule has 1 N–H and O–H groups in total. The summed E-state index contributed by atoms with van der Waals surface area (Å²) in [6, 6.07) is 25.4. The predicted octanol–water partition coefficient (Wildman–Crippen LogP) is 3.94. The van der Waals surface area contributed by atoms with E-state index in [1.807, 2.05) is 66.7 Å². The third kappa shape index (κ3) is 4.03. The van der Waals surface area contributed by atoms with Crippen molar-refractivity contribution in [1.82, 2.24) is 10.2 Å². The van der Waals surface area contributed by atoms with Gasteiger partial charge in [-0.2, -0.15) is 0 Å². The van der Waals surface area contributed by atoms with Gasteiger partial charge in [-0.05, 0) is 28.8 Å². The number of halogens is 1. The average molecular weight is 489 g/mol. The number of ether oxygens (including phenoxy) is 1. The van der Waals surface area contributed by atoms with E-state index in [0.29, 0.717) is 5.02 Å². The minimum Gasteiger partial charge on any atom is -0.468 e. The second kappa shape index (κ2) is 9.29. The van der Waals surface area contributed by atoms with Crippen LogP contribution < -0.4 is 5.32 Å². The number of benzene rings is 3. The van der Waals surface area contributed by atoms with Crippen LogP contribution >= 0.6 is 11.6 Å². The van der Waals surface area contributed by atoms with E-state index in [1.54, 1.807) is 18.2 Å². The number of likely N-dealkylation sites (tertiary alicyclic amines) is 1. The van der Waals surface area contributed by atoms with Crippen LogP contribution in [0.15, 0.2) is 84.9 Å². The van der Waals surface area contributed by atoms with Crippen molar-refractivity contribution in [2.24, 2.45) is 11.8 Å². The van der Waals surface area contributed by atoms with Crippen molar-refractivity contribution < 1.29 is 19.1 Å². The molecule has 0 unspecified atom stereocenters. The molecule has 2 heterocycles. The van der Waals surface area contributed by atoms with Crippen LogP contribution in [0.3, 0.4) is 0 Å². The smallest absolute Gasteiger partial charge is 0.327 e. The van der Waals surface area contributed by atoms with Gasteiger partial charge in [0.05, 0.1) is 25.5 Å². The maximum atomic E-state index is 13.9. The number of hydrogen-bond donors (Lipinski definition) is 1. The van der Waals surface area contributed by atoms with Crippen LogP contribution in [0.4, 0.5) is 0 Å². The van der Waals surface area contributed by atoms with Crippen molar-refractivity contribution >= 4 is 29.4 Å². The summed E-state index contributed by atoms with van der Waals surface area (Å²) in [7, 11) is 1.31. The number of nitrogens with zero attached hydrogens (tertiary/aromatic N) is 1. The molecular weight excluding hydrogens is 464 g/mol. The SMILES string of the molecule is COC(=O)[C@@]1(Cc2ccccc2)N[C@H](c2cccc(Cl)c2)[C@@H]2C(=O)N(Cc3ccccc3)C(=O)[C@@H]21. The zero-order valence-electron chi connectivity index (χ0n) is 19.2. The topological polar surface area (TPSA) is 75.7 Å². The van der Waals surface area contributed by atoms with Gasteiger partial charge in [0.25, 0.3) is 0 Å². The molecule has 35 heavy (non-hydrogen) atoms. The van der Waals surface area contributed by atoms with Gasteiger partial charge in [0, 0.05) is 17.5 Å². The van der Waals surface area contributed by atoms with Gasteiger partial charge < -0.3 is 4.74 Å². The number of carbonyl (C=O) groups is 3. The van der Waals surface area contributed by atoms with Gasteiger partial charge in [-0.25, -0.2) is 0 Å². The van der Waals surface area contributed by atoms with Crippen molar-refractivity contribution in [3.8, 4) is 0 Å². The molecule has 2 aliphatic heterocycles. The van der Waals surface area contributed by atoms with Crippen molar-refractivity contribution in [3.05, 3.63) is 107 Å². The lowest BCUT2D eigenvalue weighted by molar-refractivity contribution is -0.154. The van der Waals surface area contributed by atoms with Crippen LogP contribution in [-0.4, -0.2) is 35.3 Å². The van der Waals surface area contributed by atoms with Gasteiger partial charge in [0.1, 0.15) is 5.54 Å². The zero-order valence-corrected chi connectivity index (χ0v) is 19.9. The molecule has 0 aromatic heterocycles. The lowest BCUT2D eigenvalue weighted by Crippen LogP contribution is -2.57. The molecule has 0 saturated carbocycles. The Balaban J connectivity index is 1.63. The fourth-order valence-corrected chi connectivity index (χ4v) is 5.69. The third-order valence-electron chi connectivity index (χ3n) is 7.01. The van der Waals surface area contributed by atoms with E-state index in [2.05, 4.69) is 5.32 Å². The van der Waals surface area contributed by atoms with E-state index in [-0.39, 0.29) is 24.8 Å². The van der Waals surface area contributed by atoms with E-state index in [9.17, 15) is 14.4 Å². The van der Waals surface area contributed by atoms with Crippen LogP contribution in [-0.2, 0) is 32.1 Å². The molecule has 0 spiro atoms. The lowest BCUT2D eigenvalue weighted by atomic mass is 9.76. The summed E-state index contributed by atoms with van der Waals surface area (Å²) in [6.45, 7) is 0.149. The molecule has 0 radical (unpaired) electrons. The van der Waals surface area contributed by atoms with Gasteiger partial charge in [-0.1, -0.05) is 84.4 Å². The van der Waals surface area contributed by atoms with Crippen LogP contribution in [0.1, 0.15) is 22.7 Å². The Morgan fingerprint density at radius 3 is 2.23 bits per heavy atom. The van der Waals surface area contributed by atoms with Gasteiger partial charge in [0.15, 0.2) is 0 Å². The lowest BCUT2D eigenvalue weighted by Gasteiger charge is -2.32. The van der Waals surface area contributed by atoms with Gasteiger partial charge in [-0.3, -0.25) is 24.6 Å². The van der Waals surface area contributed by atoms with E-state index >= 15 is 0 Å². The fraction of sp³-hybridized carbons (Fsp3) is 0.250. The maximum Gasteiger partial charge on any atom is 0.327 e. The highest BCUT2D eigenvalue weighted by Gasteiger charge is 2.68. The largest absolute Gasteiger partial charge is 0.468 e. The summed E-state index contributed by atoms with van der Waals surface area (Å²) >= 11 is 6.28. The number of rotatable bonds is 6. The number of methoxy groups -OCH3 is 1. The van der Waals surface area contributed by atoms with Crippen LogP contribution in [0.2, 0.25) is 5.02 Å². The quantitative estimate of drug-likeness (QED) is 0.420. The Morgan fingerprint density at radius 2 is 1.60 bits per heavy atom. The van der Waals surface area contributed by atoms with Gasteiger partial charge in [-0.15, -0.1) is 0 Å². The number of imide groups is 1. The molecule has 2 saturated heterocycles. The molecule has 3 aromatic carbocycles. The molecule has 4 atom stereocenters. The summed E-state index contributed by atoms with van der Waals surface area (Å²) in [5.74, 6) is -2.94. The molecule has 178 valence electrons. The van der Waals surface area contributed by atoms with Gasteiger partial charge >= 0.3 is 5.97 Å². The normalized spacial score (nSPS) is 25.5. The number of carbonyl (C=O) groups excluding carboxylic acids is 3. The van der Waals surface area contributed by atoms with E-state index in [4.69, 9.17) is 16.3 Å². The molecule has 2 fully saturated rings. The molecular formula is C28H25ClN2O4. The van der Waals surface area contributed by atoms with E-state index < -0.39 is 29.4 Å². The molecule has 0 aliphatic carbocycles. The van der Waals surface area contributed by atoms with Crippen LogP contribution in [0.25, 0.3) is 0 Å². The molecule has 2 aliphatic rings. The Hall–Kier alpha value is -3.48. The van der Waals surface area contributed by atoms with Crippen LogP contribution in [0.5, 0.6) is 0 Å². The first-order valence-electron chi connectivity index (χ1n) is 11.5. The van der Waals surface area contributed by atoms with Crippen molar-refractivity contribution in [2.45, 2.75) is 24.5 Å². The van der Waals surface area contributed by atoms with Crippen LogP contribution in [0, 0.1) is 11.8 Å². The Kier molecular flexibility index (Phi) is 6.17. The number of hydrogen-bond acceptors (Lipinski definition) is 5. The molecule has 7 heteroatoms. The Morgan fingerprint density at radius 1 is 0.943 bits per heavy atom. The molecule has 6 nitrogen and oxygen atoms in total. The Labute approximate surface area is 208 Å². The third-order valence-corrected chi connectivity index (χ3v) is 7.25. The zero-order chi connectivity index (χ0) is 24.6.